The molecule has 138 valence electrons. The number of aromatic nitrogens is 2. The van der Waals surface area contributed by atoms with Crippen molar-refractivity contribution in [1.29, 1.82) is 0 Å². The van der Waals surface area contributed by atoms with Gasteiger partial charge in [0.05, 0.1) is 37.4 Å². The second kappa shape index (κ2) is 6.71. The lowest BCUT2D eigenvalue weighted by atomic mass is 9.98. The number of ether oxygens (including phenoxy) is 4. The molecule has 3 aliphatic heterocycles. The summed E-state index contributed by atoms with van der Waals surface area (Å²) in [7, 11) is 0. The highest BCUT2D eigenvalue weighted by Gasteiger charge is 2.48. The van der Waals surface area contributed by atoms with Crippen LogP contribution in [0.4, 0.5) is 0 Å². The number of hydrogen-bond acceptors (Lipinski definition) is 8. The normalized spacial score (nSPS) is 20.7. The maximum atomic E-state index is 6.14. The van der Waals surface area contributed by atoms with Crippen LogP contribution in [-0.4, -0.2) is 61.3 Å². The maximum absolute atomic E-state index is 6.14. The summed E-state index contributed by atoms with van der Waals surface area (Å²) in [6.07, 6.45) is 3.40. The zero-order chi connectivity index (χ0) is 18.1. The van der Waals surface area contributed by atoms with E-state index in [1.807, 2.05) is 24.3 Å². The van der Waals surface area contributed by atoms with Crippen molar-refractivity contribution in [3.63, 3.8) is 0 Å². The third-order valence-electron chi connectivity index (χ3n) is 4.56. The number of rotatable bonds is 4. The molecule has 0 aliphatic carbocycles. The van der Waals surface area contributed by atoms with Gasteiger partial charge in [0.15, 0.2) is 0 Å². The van der Waals surface area contributed by atoms with Gasteiger partial charge in [-0.1, -0.05) is 0 Å². The number of hydrogen-bond donors (Lipinski definition) is 0. The SMILES string of the molecule is c1cnc(C2(c3ncccc3C3=NCCO3)OCCO2)c(C2=NCCO2)c1. The largest absolute Gasteiger partial charge is 0.475 e. The number of pyridine rings is 2. The van der Waals surface area contributed by atoms with Crippen LogP contribution in [0.2, 0.25) is 0 Å². The molecule has 0 saturated carbocycles. The number of nitrogens with zero attached hydrogens (tertiary/aromatic N) is 4. The van der Waals surface area contributed by atoms with E-state index in [2.05, 4.69) is 20.0 Å². The monoisotopic (exact) mass is 366 g/mol. The quantitative estimate of drug-likeness (QED) is 0.810. The molecule has 8 nitrogen and oxygen atoms in total. The summed E-state index contributed by atoms with van der Waals surface area (Å²) < 4.78 is 23.7. The summed E-state index contributed by atoms with van der Waals surface area (Å²) in [4.78, 5) is 18.1. The summed E-state index contributed by atoms with van der Waals surface area (Å²) in [6.45, 7) is 3.20. The first-order chi connectivity index (χ1) is 13.4. The van der Waals surface area contributed by atoms with Gasteiger partial charge in [0.2, 0.25) is 11.8 Å². The van der Waals surface area contributed by atoms with Crippen LogP contribution in [0.3, 0.4) is 0 Å². The van der Waals surface area contributed by atoms with Crippen LogP contribution in [-0.2, 0) is 24.7 Å². The Morgan fingerprint density at radius 2 is 1.22 bits per heavy atom. The average molecular weight is 366 g/mol. The van der Waals surface area contributed by atoms with E-state index in [0.717, 1.165) is 11.1 Å². The Kier molecular flexibility index (Phi) is 4.06. The Labute approximate surface area is 155 Å². The van der Waals surface area contributed by atoms with Crippen LogP contribution in [0.5, 0.6) is 0 Å². The highest BCUT2D eigenvalue weighted by Crippen LogP contribution is 2.40. The van der Waals surface area contributed by atoms with E-state index < -0.39 is 5.79 Å². The first kappa shape index (κ1) is 16.3. The van der Waals surface area contributed by atoms with Gasteiger partial charge in [-0.05, 0) is 24.3 Å². The van der Waals surface area contributed by atoms with Gasteiger partial charge in [-0.2, -0.15) is 0 Å². The predicted molar refractivity (Wildman–Crippen MR) is 95.9 cm³/mol. The van der Waals surface area contributed by atoms with E-state index in [9.17, 15) is 0 Å². The lowest BCUT2D eigenvalue weighted by Gasteiger charge is -2.29. The van der Waals surface area contributed by atoms with Crippen LogP contribution >= 0.6 is 0 Å². The Morgan fingerprint density at radius 3 is 1.67 bits per heavy atom. The van der Waals surface area contributed by atoms with Crippen molar-refractivity contribution in [2.75, 3.05) is 39.5 Å². The molecule has 0 radical (unpaired) electrons. The zero-order valence-corrected chi connectivity index (χ0v) is 14.6. The fraction of sp³-hybridized carbons (Fsp3) is 0.368. The molecule has 1 fully saturated rings. The van der Waals surface area contributed by atoms with Crippen LogP contribution in [0.15, 0.2) is 46.6 Å². The molecule has 2 aromatic rings. The summed E-state index contributed by atoms with van der Waals surface area (Å²) >= 11 is 0. The minimum atomic E-state index is -1.27. The average Bonchev–Trinajstić information content (AvgIpc) is 3.51. The van der Waals surface area contributed by atoms with E-state index in [1.54, 1.807) is 12.4 Å². The molecule has 0 atom stereocenters. The van der Waals surface area contributed by atoms with E-state index in [0.29, 0.717) is 62.7 Å². The molecule has 8 heteroatoms. The van der Waals surface area contributed by atoms with Crippen LogP contribution in [0, 0.1) is 0 Å². The van der Waals surface area contributed by atoms with Crippen molar-refractivity contribution in [1.82, 2.24) is 9.97 Å². The molecule has 3 aliphatic rings. The summed E-state index contributed by atoms with van der Waals surface area (Å²) in [6, 6.07) is 7.50. The van der Waals surface area contributed by atoms with Gasteiger partial charge in [-0.3, -0.25) is 9.97 Å². The molecule has 27 heavy (non-hydrogen) atoms. The van der Waals surface area contributed by atoms with Gasteiger partial charge in [0.1, 0.15) is 24.6 Å². The summed E-state index contributed by atoms with van der Waals surface area (Å²) in [5.41, 5.74) is 2.62. The predicted octanol–water partition coefficient (Wildman–Crippen LogP) is 1.28. The molecule has 0 spiro atoms. The van der Waals surface area contributed by atoms with Gasteiger partial charge in [-0.15, -0.1) is 0 Å². The summed E-state index contributed by atoms with van der Waals surface area (Å²) in [5, 5.41) is 0. The number of aliphatic imine (C=N–C) groups is 2. The molecule has 2 aromatic heterocycles. The van der Waals surface area contributed by atoms with Gasteiger partial charge < -0.3 is 18.9 Å². The Balaban J connectivity index is 1.70. The third kappa shape index (κ3) is 2.68. The Hall–Kier alpha value is -2.84. The maximum Gasteiger partial charge on any atom is 0.259 e. The van der Waals surface area contributed by atoms with Crippen molar-refractivity contribution in [2.24, 2.45) is 9.98 Å². The fourth-order valence-corrected chi connectivity index (χ4v) is 3.47. The van der Waals surface area contributed by atoms with Crippen LogP contribution < -0.4 is 0 Å². The van der Waals surface area contributed by atoms with Crippen molar-refractivity contribution >= 4 is 11.8 Å². The molecule has 0 unspecified atom stereocenters. The lowest BCUT2D eigenvalue weighted by molar-refractivity contribution is -0.136. The minimum Gasteiger partial charge on any atom is -0.475 e. The van der Waals surface area contributed by atoms with Crippen molar-refractivity contribution in [3.8, 4) is 0 Å². The van der Waals surface area contributed by atoms with Crippen LogP contribution in [0.25, 0.3) is 0 Å². The van der Waals surface area contributed by atoms with Crippen LogP contribution in [0.1, 0.15) is 22.5 Å². The Bertz CT molecular complexity index is 852. The summed E-state index contributed by atoms with van der Waals surface area (Å²) in [5.74, 6) is -0.178. The first-order valence-electron chi connectivity index (χ1n) is 8.93. The topological polar surface area (TPSA) is 87.4 Å². The minimum absolute atomic E-state index is 0.423. The van der Waals surface area contributed by atoms with Crippen molar-refractivity contribution in [2.45, 2.75) is 5.79 Å². The van der Waals surface area contributed by atoms with Crippen molar-refractivity contribution in [3.05, 3.63) is 59.2 Å². The standard InChI is InChI=1S/C19H18N4O4/c1-3-13(17-22-7-9-24-17)15(20-5-1)19(26-11-12-27-19)16-14(4-2-6-21-16)18-23-8-10-25-18/h1-6H,7-12H2. The van der Waals surface area contributed by atoms with E-state index >= 15 is 0 Å². The second-order valence-electron chi connectivity index (χ2n) is 6.18. The van der Waals surface area contributed by atoms with Gasteiger partial charge in [0, 0.05) is 12.4 Å². The fourth-order valence-electron chi connectivity index (χ4n) is 3.47. The zero-order valence-electron chi connectivity index (χ0n) is 14.6. The molecular formula is C19H18N4O4. The molecule has 0 bridgehead atoms. The third-order valence-corrected chi connectivity index (χ3v) is 4.56. The van der Waals surface area contributed by atoms with Gasteiger partial charge >= 0.3 is 0 Å². The molecule has 0 aromatic carbocycles. The molecular weight excluding hydrogens is 348 g/mol. The smallest absolute Gasteiger partial charge is 0.259 e. The van der Waals surface area contributed by atoms with E-state index in [1.165, 1.54) is 0 Å². The lowest BCUT2D eigenvalue weighted by Crippen LogP contribution is -2.35. The Morgan fingerprint density at radius 1 is 0.704 bits per heavy atom. The molecule has 5 heterocycles. The van der Waals surface area contributed by atoms with E-state index in [4.69, 9.17) is 18.9 Å². The van der Waals surface area contributed by atoms with E-state index in [-0.39, 0.29) is 0 Å². The van der Waals surface area contributed by atoms with Gasteiger partial charge in [-0.25, -0.2) is 9.98 Å². The second-order valence-corrected chi connectivity index (χ2v) is 6.18. The molecule has 0 amide bonds. The van der Waals surface area contributed by atoms with Gasteiger partial charge in [0.25, 0.3) is 5.79 Å². The molecule has 0 N–H and O–H groups in total. The first-order valence-corrected chi connectivity index (χ1v) is 8.93. The molecule has 5 rings (SSSR count). The highest BCUT2D eigenvalue weighted by atomic mass is 16.7. The van der Waals surface area contributed by atoms with Crippen molar-refractivity contribution < 1.29 is 18.9 Å². The molecule has 1 saturated heterocycles. The highest BCUT2D eigenvalue weighted by molar-refractivity contribution is 5.98.